The summed E-state index contributed by atoms with van der Waals surface area (Å²) >= 11 is 17.0. The Balaban J connectivity index is 2.39. The summed E-state index contributed by atoms with van der Waals surface area (Å²) in [4.78, 5) is 0.296. The van der Waals surface area contributed by atoms with Gasteiger partial charge >= 0.3 is 0 Å². The second kappa shape index (κ2) is 6.31. The summed E-state index contributed by atoms with van der Waals surface area (Å²) < 4.78 is 5.18. The number of hydrogen-bond donors (Lipinski definition) is 2. The van der Waals surface area contributed by atoms with Gasteiger partial charge in [0.05, 0.1) is 17.8 Å². The Morgan fingerprint density at radius 3 is 2.60 bits per heavy atom. The molecule has 0 aliphatic heterocycles. The lowest BCUT2D eigenvalue weighted by Crippen LogP contribution is -2.11. The Morgan fingerprint density at radius 1 is 1.20 bits per heavy atom. The molecular formula is C14H12Cl2N2OS. The van der Waals surface area contributed by atoms with Crippen LogP contribution in [-0.4, -0.2) is 12.1 Å². The molecule has 20 heavy (non-hydrogen) atoms. The molecule has 0 radical (unpaired) electrons. The number of benzene rings is 2. The van der Waals surface area contributed by atoms with Crippen molar-refractivity contribution in [1.82, 2.24) is 0 Å². The van der Waals surface area contributed by atoms with E-state index in [9.17, 15) is 0 Å². The van der Waals surface area contributed by atoms with E-state index >= 15 is 0 Å². The van der Waals surface area contributed by atoms with Gasteiger partial charge in [0.1, 0.15) is 10.7 Å². The second-order valence-corrected chi connectivity index (χ2v) is 5.31. The summed E-state index contributed by atoms with van der Waals surface area (Å²) in [6.07, 6.45) is 0. The Bertz CT molecular complexity index is 662. The van der Waals surface area contributed by atoms with E-state index in [0.29, 0.717) is 20.8 Å². The van der Waals surface area contributed by atoms with Crippen LogP contribution in [0.2, 0.25) is 10.0 Å². The number of thiocarbonyl (C=S) groups is 1. The summed E-state index contributed by atoms with van der Waals surface area (Å²) in [5.41, 5.74) is 7.95. The Hall–Kier alpha value is -1.49. The molecule has 0 spiro atoms. The number of nitrogens with two attached hydrogens (primary N) is 1. The van der Waals surface area contributed by atoms with Crippen LogP contribution in [0.25, 0.3) is 0 Å². The van der Waals surface area contributed by atoms with Gasteiger partial charge in [0.15, 0.2) is 0 Å². The SMILES string of the molecule is COc1cc(Nc2cc(Cl)ccc2C(N)=S)ccc1Cl. The van der Waals surface area contributed by atoms with Crippen LogP contribution >= 0.6 is 35.4 Å². The molecule has 3 N–H and O–H groups in total. The molecule has 2 rings (SSSR count). The number of hydrogen-bond acceptors (Lipinski definition) is 3. The molecular weight excluding hydrogens is 315 g/mol. The monoisotopic (exact) mass is 326 g/mol. The highest BCUT2D eigenvalue weighted by atomic mass is 35.5. The highest BCUT2D eigenvalue weighted by Gasteiger charge is 2.08. The maximum absolute atomic E-state index is 6.00. The maximum atomic E-state index is 6.00. The van der Waals surface area contributed by atoms with Gasteiger partial charge in [-0.05, 0) is 30.3 Å². The average molecular weight is 327 g/mol. The average Bonchev–Trinajstić information content (AvgIpc) is 2.40. The third-order valence-electron chi connectivity index (χ3n) is 2.68. The van der Waals surface area contributed by atoms with Crippen LogP contribution in [0.4, 0.5) is 11.4 Å². The fourth-order valence-electron chi connectivity index (χ4n) is 1.73. The number of rotatable bonds is 4. The zero-order chi connectivity index (χ0) is 14.7. The number of methoxy groups -OCH3 is 1. The molecule has 2 aromatic carbocycles. The topological polar surface area (TPSA) is 47.3 Å². The summed E-state index contributed by atoms with van der Waals surface area (Å²) in [5, 5.41) is 4.34. The van der Waals surface area contributed by atoms with Crippen molar-refractivity contribution in [2.24, 2.45) is 5.73 Å². The van der Waals surface area contributed by atoms with Crippen molar-refractivity contribution in [3.63, 3.8) is 0 Å². The minimum absolute atomic E-state index is 0.296. The van der Waals surface area contributed by atoms with Crippen LogP contribution in [0.3, 0.4) is 0 Å². The molecule has 0 amide bonds. The lowest BCUT2D eigenvalue weighted by molar-refractivity contribution is 0.415. The number of anilines is 2. The van der Waals surface area contributed by atoms with Gasteiger partial charge in [-0.15, -0.1) is 0 Å². The third kappa shape index (κ3) is 3.33. The van der Waals surface area contributed by atoms with Crippen molar-refractivity contribution in [2.45, 2.75) is 0 Å². The standard InChI is InChI=1S/C14H12Cl2N2OS/c1-19-13-7-9(3-5-11(13)16)18-12-6-8(15)2-4-10(12)14(17)20/h2-7,18H,1H3,(H2,17,20). The molecule has 6 heteroatoms. The summed E-state index contributed by atoms with van der Waals surface area (Å²) in [5.74, 6) is 0.579. The van der Waals surface area contributed by atoms with Gasteiger partial charge in [-0.25, -0.2) is 0 Å². The predicted octanol–water partition coefficient (Wildman–Crippen LogP) is 4.38. The first-order valence-electron chi connectivity index (χ1n) is 5.71. The van der Waals surface area contributed by atoms with E-state index in [1.807, 2.05) is 6.07 Å². The molecule has 0 bridgehead atoms. The quantitative estimate of drug-likeness (QED) is 0.818. The summed E-state index contributed by atoms with van der Waals surface area (Å²) in [7, 11) is 1.56. The van der Waals surface area contributed by atoms with Crippen LogP contribution in [0.5, 0.6) is 5.75 Å². The van der Waals surface area contributed by atoms with Crippen molar-refractivity contribution in [3.05, 3.63) is 52.0 Å². The third-order valence-corrected chi connectivity index (χ3v) is 3.44. The van der Waals surface area contributed by atoms with Crippen molar-refractivity contribution in [2.75, 3.05) is 12.4 Å². The van der Waals surface area contributed by atoms with Gasteiger partial charge in [0, 0.05) is 22.3 Å². The van der Waals surface area contributed by atoms with E-state index in [0.717, 1.165) is 16.9 Å². The van der Waals surface area contributed by atoms with Gasteiger partial charge < -0.3 is 15.8 Å². The van der Waals surface area contributed by atoms with Crippen LogP contribution in [0, 0.1) is 0 Å². The van der Waals surface area contributed by atoms with Crippen LogP contribution < -0.4 is 15.8 Å². The van der Waals surface area contributed by atoms with Gasteiger partial charge in [-0.3, -0.25) is 0 Å². The Labute approximate surface area is 132 Å². The molecule has 3 nitrogen and oxygen atoms in total. The fraction of sp³-hybridized carbons (Fsp3) is 0.0714. The lowest BCUT2D eigenvalue weighted by Gasteiger charge is -2.13. The highest BCUT2D eigenvalue weighted by molar-refractivity contribution is 7.80. The molecule has 0 aliphatic rings. The highest BCUT2D eigenvalue weighted by Crippen LogP contribution is 2.30. The smallest absolute Gasteiger partial charge is 0.139 e. The van der Waals surface area contributed by atoms with E-state index in [1.165, 1.54) is 0 Å². The first kappa shape index (κ1) is 14.9. The van der Waals surface area contributed by atoms with Gasteiger partial charge in [-0.1, -0.05) is 35.4 Å². The first-order chi connectivity index (χ1) is 9.51. The van der Waals surface area contributed by atoms with E-state index in [4.69, 9.17) is 45.9 Å². The Kier molecular flexibility index (Phi) is 4.70. The molecule has 0 saturated heterocycles. The molecule has 2 aromatic rings. The van der Waals surface area contributed by atoms with E-state index in [2.05, 4.69) is 5.32 Å². The largest absolute Gasteiger partial charge is 0.495 e. The second-order valence-electron chi connectivity index (χ2n) is 4.03. The van der Waals surface area contributed by atoms with Gasteiger partial charge in [0.25, 0.3) is 0 Å². The van der Waals surface area contributed by atoms with Gasteiger partial charge in [0.2, 0.25) is 0 Å². The lowest BCUT2D eigenvalue weighted by atomic mass is 10.1. The van der Waals surface area contributed by atoms with Crippen molar-refractivity contribution in [3.8, 4) is 5.75 Å². The van der Waals surface area contributed by atoms with E-state index in [-0.39, 0.29) is 0 Å². The van der Waals surface area contributed by atoms with Crippen molar-refractivity contribution >= 4 is 51.8 Å². The Morgan fingerprint density at radius 2 is 1.95 bits per heavy atom. The maximum Gasteiger partial charge on any atom is 0.139 e. The molecule has 0 unspecified atom stereocenters. The van der Waals surface area contributed by atoms with Crippen molar-refractivity contribution < 1.29 is 4.74 Å². The fourth-order valence-corrected chi connectivity index (χ4v) is 2.27. The molecule has 0 saturated carbocycles. The van der Waals surface area contributed by atoms with Crippen molar-refractivity contribution in [1.29, 1.82) is 0 Å². The van der Waals surface area contributed by atoms with E-state index in [1.54, 1.807) is 37.4 Å². The number of nitrogens with one attached hydrogen (secondary N) is 1. The summed E-state index contributed by atoms with van der Waals surface area (Å²) in [6.45, 7) is 0. The van der Waals surface area contributed by atoms with Crippen LogP contribution in [0.1, 0.15) is 5.56 Å². The molecule has 0 heterocycles. The molecule has 0 atom stereocenters. The van der Waals surface area contributed by atoms with E-state index < -0.39 is 0 Å². The summed E-state index contributed by atoms with van der Waals surface area (Å²) in [6, 6.07) is 10.6. The van der Waals surface area contributed by atoms with Crippen LogP contribution in [-0.2, 0) is 0 Å². The molecule has 0 aliphatic carbocycles. The molecule has 104 valence electrons. The molecule has 0 fully saturated rings. The first-order valence-corrected chi connectivity index (χ1v) is 6.87. The molecule has 0 aromatic heterocycles. The normalized spacial score (nSPS) is 10.2. The van der Waals surface area contributed by atoms with Crippen LogP contribution in [0.15, 0.2) is 36.4 Å². The number of ether oxygens (including phenoxy) is 1. The zero-order valence-corrected chi connectivity index (χ0v) is 12.9. The minimum Gasteiger partial charge on any atom is -0.495 e. The zero-order valence-electron chi connectivity index (χ0n) is 10.6. The predicted molar refractivity (Wildman–Crippen MR) is 88.6 cm³/mol. The minimum atomic E-state index is 0.296. The number of halogens is 2. The van der Waals surface area contributed by atoms with Gasteiger partial charge in [-0.2, -0.15) is 0 Å².